The van der Waals surface area contributed by atoms with Crippen molar-refractivity contribution in [2.24, 2.45) is 5.92 Å². The van der Waals surface area contributed by atoms with Gasteiger partial charge in [-0.05, 0) is 51.4 Å². The highest BCUT2D eigenvalue weighted by molar-refractivity contribution is 5.42. The van der Waals surface area contributed by atoms with Crippen LogP contribution in [0.2, 0.25) is 0 Å². The molecule has 1 atom stereocenters. The minimum Gasteiger partial charge on any atom is -0.467 e. The zero-order valence-electron chi connectivity index (χ0n) is 19.2. The van der Waals surface area contributed by atoms with Crippen molar-refractivity contribution in [1.82, 2.24) is 14.9 Å². The Morgan fingerprint density at radius 2 is 2.03 bits per heavy atom. The van der Waals surface area contributed by atoms with Crippen molar-refractivity contribution in [2.45, 2.75) is 72.4 Å². The smallest absolute Gasteiger partial charge is 0.135 e. The van der Waals surface area contributed by atoms with Crippen LogP contribution in [0.15, 0.2) is 29.0 Å². The number of furan rings is 1. The van der Waals surface area contributed by atoms with E-state index in [1.165, 1.54) is 19.4 Å². The van der Waals surface area contributed by atoms with Crippen LogP contribution in [0.25, 0.3) is 0 Å². The zero-order chi connectivity index (χ0) is 22.0. The molecule has 162 valence electrons. The van der Waals surface area contributed by atoms with Gasteiger partial charge in [0.2, 0.25) is 0 Å². The summed E-state index contributed by atoms with van der Waals surface area (Å²) in [5.41, 5.74) is 0.990. The van der Waals surface area contributed by atoms with Gasteiger partial charge in [0.15, 0.2) is 0 Å². The van der Waals surface area contributed by atoms with Crippen LogP contribution in [0.5, 0.6) is 0 Å². The first-order valence-corrected chi connectivity index (χ1v) is 10.3. The van der Waals surface area contributed by atoms with E-state index < -0.39 is 0 Å². The third-order valence-corrected chi connectivity index (χ3v) is 5.00. The van der Waals surface area contributed by atoms with Gasteiger partial charge in [0.05, 0.1) is 12.8 Å². The van der Waals surface area contributed by atoms with E-state index in [0.717, 1.165) is 34.9 Å². The van der Waals surface area contributed by atoms with Crippen LogP contribution in [-0.2, 0) is 16.8 Å². The lowest BCUT2D eigenvalue weighted by molar-refractivity contribution is -0.0979. The molecular formula is C23H38N4O2. The van der Waals surface area contributed by atoms with E-state index in [9.17, 15) is 0 Å². The van der Waals surface area contributed by atoms with Gasteiger partial charge in [-0.2, -0.15) is 0 Å². The fourth-order valence-corrected chi connectivity index (χ4v) is 3.34. The number of hydrogen-bond donors (Lipinski definition) is 1. The van der Waals surface area contributed by atoms with Crippen LogP contribution >= 0.6 is 0 Å². The van der Waals surface area contributed by atoms with E-state index in [1.807, 2.05) is 32.0 Å². The van der Waals surface area contributed by atoms with Gasteiger partial charge in [-0.15, -0.1) is 0 Å². The van der Waals surface area contributed by atoms with Crippen LogP contribution in [0.1, 0.15) is 64.6 Å². The Balaban J connectivity index is 0.000000321. The molecule has 1 fully saturated rings. The van der Waals surface area contributed by atoms with Gasteiger partial charge in [0, 0.05) is 23.2 Å². The van der Waals surface area contributed by atoms with Crippen molar-refractivity contribution in [3.05, 3.63) is 41.7 Å². The highest BCUT2D eigenvalue weighted by atomic mass is 16.3. The molecule has 0 amide bonds. The molecule has 0 aromatic carbocycles. The molecule has 0 bridgehead atoms. The number of aromatic nitrogens is 2. The maximum atomic E-state index is 8.00. The van der Waals surface area contributed by atoms with Crippen molar-refractivity contribution in [3.8, 4) is 0 Å². The molecule has 3 rings (SSSR count). The molecule has 29 heavy (non-hydrogen) atoms. The number of carbonyl (C=O) groups is 1. The lowest BCUT2D eigenvalue weighted by atomic mass is 9.95. The Morgan fingerprint density at radius 3 is 2.48 bits per heavy atom. The van der Waals surface area contributed by atoms with Crippen molar-refractivity contribution >= 4 is 12.6 Å². The lowest BCUT2D eigenvalue weighted by Crippen LogP contribution is -2.29. The van der Waals surface area contributed by atoms with E-state index in [1.54, 1.807) is 6.26 Å². The molecule has 6 heteroatoms. The number of hydrogen-bond acceptors (Lipinski definition) is 6. The Bertz CT molecular complexity index is 708. The summed E-state index contributed by atoms with van der Waals surface area (Å²) < 4.78 is 5.29. The monoisotopic (exact) mass is 402 g/mol. The summed E-state index contributed by atoms with van der Waals surface area (Å²) in [4.78, 5) is 19.4. The Morgan fingerprint density at radius 1 is 1.34 bits per heavy atom. The third kappa shape index (κ3) is 7.97. The van der Waals surface area contributed by atoms with Crippen molar-refractivity contribution in [2.75, 3.05) is 18.9 Å². The molecule has 1 aliphatic heterocycles. The molecule has 2 aromatic heterocycles. The minimum atomic E-state index is -0.0468. The van der Waals surface area contributed by atoms with Gasteiger partial charge in [-0.25, -0.2) is 9.97 Å². The minimum absolute atomic E-state index is 0.0468. The molecule has 2 aromatic rings. The van der Waals surface area contributed by atoms with Crippen molar-refractivity contribution in [3.63, 3.8) is 0 Å². The number of rotatable bonds is 4. The molecule has 0 aliphatic carbocycles. The van der Waals surface area contributed by atoms with Crippen LogP contribution in [0.4, 0.5) is 5.82 Å². The summed E-state index contributed by atoms with van der Waals surface area (Å²) in [5.74, 6) is 3.45. The number of nitrogens with zero attached hydrogens (tertiary/aromatic N) is 3. The molecule has 0 spiro atoms. The van der Waals surface area contributed by atoms with Gasteiger partial charge in [0.1, 0.15) is 24.2 Å². The van der Waals surface area contributed by atoms with E-state index in [2.05, 4.69) is 61.9 Å². The van der Waals surface area contributed by atoms with E-state index >= 15 is 0 Å². The fraction of sp³-hybridized carbons (Fsp3) is 0.609. The van der Waals surface area contributed by atoms with Gasteiger partial charge in [-0.1, -0.05) is 34.6 Å². The Hall–Kier alpha value is -2.21. The van der Waals surface area contributed by atoms with E-state index in [-0.39, 0.29) is 5.41 Å². The van der Waals surface area contributed by atoms with Crippen LogP contribution < -0.4 is 5.32 Å². The van der Waals surface area contributed by atoms with Gasteiger partial charge in [-0.3, -0.25) is 0 Å². The normalized spacial score (nSPS) is 16.6. The average molecular weight is 403 g/mol. The predicted octanol–water partition coefficient (Wildman–Crippen LogP) is 4.84. The summed E-state index contributed by atoms with van der Waals surface area (Å²) in [6.07, 6.45) is 6.34. The predicted molar refractivity (Wildman–Crippen MR) is 119 cm³/mol. The van der Waals surface area contributed by atoms with E-state index in [0.29, 0.717) is 6.54 Å². The largest absolute Gasteiger partial charge is 0.467 e. The number of likely N-dealkylation sites (tertiary alicyclic amines) is 1. The average Bonchev–Trinajstić information content (AvgIpc) is 3.34. The first-order valence-electron chi connectivity index (χ1n) is 10.3. The number of nitrogens with one attached hydrogen (secondary N) is 1. The summed E-state index contributed by atoms with van der Waals surface area (Å²) in [7, 11) is 2.23. The maximum Gasteiger partial charge on any atom is 0.135 e. The topological polar surface area (TPSA) is 71.3 Å². The first-order chi connectivity index (χ1) is 13.7. The standard InChI is InChI=1S/C14H19N3O.C8H17N.CH2O/c1-10-8-16-13(14(2,3)4)17-12(10)15-9-11-6-5-7-18-11;1-7(2)8-5-4-6-9(8)3;1-2/h5-8H,9H2,1-4H3,(H,15,16,17);7-8H,4-6H2,1-3H3;1H2. The Labute approximate surface area is 176 Å². The van der Waals surface area contributed by atoms with Crippen LogP contribution in [0, 0.1) is 12.8 Å². The summed E-state index contributed by atoms with van der Waals surface area (Å²) in [6, 6.07) is 4.68. The second-order valence-electron chi connectivity index (χ2n) is 8.84. The SMILES string of the molecule is C=O.CC(C)C1CCCN1C.Cc1cnc(C(C)(C)C)nc1NCc1ccco1. The molecule has 6 nitrogen and oxygen atoms in total. The molecule has 3 heterocycles. The molecular weight excluding hydrogens is 364 g/mol. The molecule has 1 saturated heterocycles. The number of aryl methyl sites for hydroxylation is 1. The van der Waals surface area contributed by atoms with Gasteiger partial charge >= 0.3 is 0 Å². The second kappa shape index (κ2) is 11.7. The van der Waals surface area contributed by atoms with Gasteiger partial charge in [0.25, 0.3) is 0 Å². The zero-order valence-corrected chi connectivity index (χ0v) is 19.2. The molecule has 0 radical (unpaired) electrons. The van der Waals surface area contributed by atoms with Crippen molar-refractivity contribution < 1.29 is 9.21 Å². The highest BCUT2D eigenvalue weighted by Gasteiger charge is 2.23. The first kappa shape index (κ1) is 24.8. The molecule has 1 aliphatic rings. The molecule has 1 unspecified atom stereocenters. The summed E-state index contributed by atoms with van der Waals surface area (Å²) in [6.45, 7) is 16.9. The number of carbonyl (C=O) groups excluding carboxylic acids is 1. The van der Waals surface area contributed by atoms with Crippen LogP contribution in [0.3, 0.4) is 0 Å². The van der Waals surface area contributed by atoms with Crippen LogP contribution in [-0.4, -0.2) is 41.3 Å². The second-order valence-corrected chi connectivity index (χ2v) is 8.84. The fourth-order valence-electron chi connectivity index (χ4n) is 3.34. The maximum absolute atomic E-state index is 8.00. The quantitative estimate of drug-likeness (QED) is 0.789. The third-order valence-electron chi connectivity index (χ3n) is 5.00. The van der Waals surface area contributed by atoms with Gasteiger partial charge < -0.3 is 19.4 Å². The molecule has 0 saturated carbocycles. The van der Waals surface area contributed by atoms with E-state index in [4.69, 9.17) is 9.21 Å². The lowest BCUT2D eigenvalue weighted by Gasteiger charge is -2.22. The molecule has 1 N–H and O–H groups in total. The number of anilines is 1. The van der Waals surface area contributed by atoms with Crippen molar-refractivity contribution in [1.29, 1.82) is 0 Å². The summed E-state index contributed by atoms with van der Waals surface area (Å²) >= 11 is 0. The summed E-state index contributed by atoms with van der Waals surface area (Å²) in [5, 5.41) is 3.28. The Kier molecular flexibility index (Phi) is 10.0. The highest BCUT2D eigenvalue weighted by Crippen LogP contribution is 2.22.